The topological polar surface area (TPSA) is 101 Å². The lowest BCUT2D eigenvalue weighted by atomic mass is 10.1. The molecule has 1 aliphatic carbocycles. The van der Waals surface area contributed by atoms with Gasteiger partial charge < -0.3 is 15.9 Å². The minimum absolute atomic E-state index is 0.134. The fourth-order valence-electron chi connectivity index (χ4n) is 1.48. The van der Waals surface area contributed by atoms with Crippen molar-refractivity contribution >= 4 is 11.9 Å². The molecule has 0 spiro atoms. The lowest BCUT2D eigenvalue weighted by molar-refractivity contribution is -0.134. The SMILES string of the molecule is N[C@@H]1C[C@H]1c1ccc(F)c(F)c1.O=C(O)C=CC(=O)O. The quantitative estimate of drug-likeness (QED) is 0.730. The van der Waals surface area contributed by atoms with Crippen LogP contribution in [0.1, 0.15) is 17.9 Å². The van der Waals surface area contributed by atoms with E-state index in [1.54, 1.807) is 6.07 Å². The van der Waals surface area contributed by atoms with Gasteiger partial charge in [0.2, 0.25) is 0 Å². The summed E-state index contributed by atoms with van der Waals surface area (Å²) in [6.45, 7) is 0. The molecule has 2 rings (SSSR count). The van der Waals surface area contributed by atoms with E-state index < -0.39 is 23.6 Å². The van der Waals surface area contributed by atoms with Gasteiger partial charge in [-0.3, -0.25) is 0 Å². The smallest absolute Gasteiger partial charge is 0.328 e. The Kier molecular flexibility index (Phi) is 5.33. The van der Waals surface area contributed by atoms with E-state index in [0.717, 1.165) is 18.1 Å². The van der Waals surface area contributed by atoms with Crippen molar-refractivity contribution in [3.8, 4) is 0 Å². The summed E-state index contributed by atoms with van der Waals surface area (Å²) in [7, 11) is 0. The van der Waals surface area contributed by atoms with E-state index in [0.29, 0.717) is 12.2 Å². The highest BCUT2D eigenvalue weighted by Gasteiger charge is 2.35. The first kappa shape index (κ1) is 15.8. The first-order valence-corrected chi connectivity index (χ1v) is 5.65. The third-order valence-corrected chi connectivity index (χ3v) is 2.58. The molecule has 0 aromatic heterocycles. The maximum atomic E-state index is 12.7. The van der Waals surface area contributed by atoms with E-state index in [4.69, 9.17) is 15.9 Å². The third kappa shape index (κ3) is 5.15. The molecule has 1 saturated carbocycles. The summed E-state index contributed by atoms with van der Waals surface area (Å²) < 4.78 is 25.2. The number of benzene rings is 1. The second-order valence-electron chi connectivity index (χ2n) is 4.19. The van der Waals surface area contributed by atoms with E-state index in [9.17, 15) is 18.4 Å². The molecule has 1 aromatic carbocycles. The van der Waals surface area contributed by atoms with Crippen LogP contribution in [-0.2, 0) is 9.59 Å². The molecule has 5 nitrogen and oxygen atoms in total. The number of carboxylic acids is 2. The monoisotopic (exact) mass is 285 g/mol. The van der Waals surface area contributed by atoms with Gasteiger partial charge in [0.25, 0.3) is 0 Å². The normalized spacial score (nSPS) is 20.1. The molecule has 4 N–H and O–H groups in total. The van der Waals surface area contributed by atoms with E-state index in [2.05, 4.69) is 0 Å². The Labute approximate surface area is 113 Å². The molecule has 20 heavy (non-hydrogen) atoms. The van der Waals surface area contributed by atoms with Gasteiger partial charge in [0.15, 0.2) is 11.6 Å². The molecule has 0 saturated heterocycles. The van der Waals surface area contributed by atoms with Gasteiger partial charge in [-0.15, -0.1) is 0 Å². The molecule has 0 aliphatic heterocycles. The Morgan fingerprint density at radius 3 is 2.00 bits per heavy atom. The molecular weight excluding hydrogens is 272 g/mol. The van der Waals surface area contributed by atoms with Gasteiger partial charge in [-0.25, -0.2) is 18.4 Å². The molecular formula is C13H13F2NO4. The Balaban J connectivity index is 0.000000221. The molecule has 0 unspecified atom stereocenters. The number of carbonyl (C=O) groups is 2. The summed E-state index contributed by atoms with van der Waals surface area (Å²) >= 11 is 0. The minimum atomic E-state index is -1.26. The molecule has 0 amide bonds. The maximum absolute atomic E-state index is 12.7. The van der Waals surface area contributed by atoms with Crippen LogP contribution in [0.2, 0.25) is 0 Å². The highest BCUT2D eigenvalue weighted by molar-refractivity contribution is 5.89. The molecule has 0 heterocycles. The van der Waals surface area contributed by atoms with E-state index in [1.807, 2.05) is 0 Å². The second kappa shape index (κ2) is 6.76. The van der Waals surface area contributed by atoms with Gasteiger partial charge in [-0.1, -0.05) is 6.07 Å². The van der Waals surface area contributed by atoms with Crippen LogP contribution in [0.3, 0.4) is 0 Å². The molecule has 1 aromatic rings. The average Bonchev–Trinajstić information content (AvgIpc) is 3.08. The van der Waals surface area contributed by atoms with Crippen LogP contribution in [0, 0.1) is 11.6 Å². The van der Waals surface area contributed by atoms with Gasteiger partial charge in [-0.2, -0.15) is 0 Å². The standard InChI is InChI=1S/C9H9F2N.C4H4O4/c10-7-2-1-5(3-8(7)11)6-4-9(6)12;5-3(6)1-2-4(7)8/h1-3,6,9H,4,12H2;1-2H,(H,5,6)(H,7,8)/t6-,9+;/m0./s1. The predicted molar refractivity (Wildman–Crippen MR) is 66.1 cm³/mol. The zero-order valence-electron chi connectivity index (χ0n) is 10.3. The molecule has 2 atom stereocenters. The summed E-state index contributed by atoms with van der Waals surface area (Å²) in [6.07, 6.45) is 2.00. The summed E-state index contributed by atoms with van der Waals surface area (Å²) in [5.41, 5.74) is 6.38. The summed E-state index contributed by atoms with van der Waals surface area (Å²) in [4.78, 5) is 19.1. The van der Waals surface area contributed by atoms with E-state index in [1.165, 1.54) is 6.07 Å². The molecule has 0 bridgehead atoms. The second-order valence-corrected chi connectivity index (χ2v) is 4.19. The first-order chi connectivity index (χ1) is 9.31. The Morgan fingerprint density at radius 1 is 1.15 bits per heavy atom. The van der Waals surface area contributed by atoms with Crippen molar-refractivity contribution in [2.24, 2.45) is 5.73 Å². The van der Waals surface area contributed by atoms with Gasteiger partial charge in [0, 0.05) is 24.1 Å². The Morgan fingerprint density at radius 2 is 1.65 bits per heavy atom. The number of hydrogen-bond donors (Lipinski definition) is 3. The van der Waals surface area contributed by atoms with Crippen molar-refractivity contribution in [3.63, 3.8) is 0 Å². The zero-order chi connectivity index (χ0) is 15.3. The van der Waals surface area contributed by atoms with Crippen LogP contribution >= 0.6 is 0 Å². The van der Waals surface area contributed by atoms with Gasteiger partial charge in [0.05, 0.1) is 0 Å². The van der Waals surface area contributed by atoms with E-state index in [-0.39, 0.29) is 12.0 Å². The molecule has 0 radical (unpaired) electrons. The van der Waals surface area contributed by atoms with Crippen LogP contribution in [0.25, 0.3) is 0 Å². The summed E-state index contributed by atoms with van der Waals surface area (Å²) in [5, 5.41) is 15.6. The van der Waals surface area contributed by atoms with Crippen molar-refractivity contribution in [1.82, 2.24) is 0 Å². The van der Waals surface area contributed by atoms with E-state index >= 15 is 0 Å². The number of hydrogen-bond acceptors (Lipinski definition) is 3. The van der Waals surface area contributed by atoms with Crippen LogP contribution < -0.4 is 5.73 Å². The Bertz CT molecular complexity index is 529. The molecule has 1 fully saturated rings. The zero-order valence-corrected chi connectivity index (χ0v) is 10.3. The van der Waals surface area contributed by atoms with Gasteiger partial charge in [0.1, 0.15) is 0 Å². The third-order valence-electron chi connectivity index (χ3n) is 2.58. The number of carboxylic acid groups (broad SMARTS) is 2. The summed E-state index contributed by atoms with van der Waals surface area (Å²) in [5.74, 6) is -3.86. The average molecular weight is 285 g/mol. The van der Waals surface area contributed by atoms with Crippen molar-refractivity contribution < 1.29 is 28.6 Å². The lowest BCUT2D eigenvalue weighted by Gasteiger charge is -1.98. The molecule has 7 heteroatoms. The molecule has 1 aliphatic rings. The highest BCUT2D eigenvalue weighted by atomic mass is 19.2. The van der Waals surface area contributed by atoms with Gasteiger partial charge >= 0.3 is 11.9 Å². The fraction of sp³-hybridized carbons (Fsp3) is 0.231. The maximum Gasteiger partial charge on any atom is 0.328 e. The van der Waals surface area contributed by atoms with Gasteiger partial charge in [-0.05, 0) is 24.1 Å². The van der Waals surface area contributed by atoms with Crippen LogP contribution in [0.15, 0.2) is 30.4 Å². The predicted octanol–water partition coefficient (Wildman–Crippen LogP) is 1.49. The van der Waals surface area contributed by atoms with Crippen LogP contribution in [0.4, 0.5) is 8.78 Å². The van der Waals surface area contributed by atoms with Crippen molar-refractivity contribution in [1.29, 1.82) is 0 Å². The van der Waals surface area contributed by atoms with Crippen molar-refractivity contribution in [2.45, 2.75) is 18.4 Å². The number of nitrogens with two attached hydrogens (primary N) is 1. The largest absolute Gasteiger partial charge is 0.478 e. The van der Waals surface area contributed by atoms with Crippen molar-refractivity contribution in [2.75, 3.05) is 0 Å². The van der Waals surface area contributed by atoms with Crippen LogP contribution in [0.5, 0.6) is 0 Å². The number of halogens is 2. The lowest BCUT2D eigenvalue weighted by Crippen LogP contribution is -2.01. The number of rotatable bonds is 3. The fourth-order valence-corrected chi connectivity index (χ4v) is 1.48. The van der Waals surface area contributed by atoms with Crippen LogP contribution in [-0.4, -0.2) is 28.2 Å². The Hall–Kier alpha value is -2.28. The summed E-state index contributed by atoms with van der Waals surface area (Å²) in [6, 6.07) is 4.10. The van der Waals surface area contributed by atoms with Crippen molar-refractivity contribution in [3.05, 3.63) is 47.5 Å². The number of aliphatic carboxylic acids is 2. The first-order valence-electron chi connectivity index (χ1n) is 5.65. The minimum Gasteiger partial charge on any atom is -0.478 e. The highest BCUT2D eigenvalue weighted by Crippen LogP contribution is 2.39. The molecule has 108 valence electrons.